The van der Waals surface area contributed by atoms with E-state index in [1.54, 1.807) is 6.92 Å². The van der Waals surface area contributed by atoms with Crippen molar-refractivity contribution in [1.82, 2.24) is 4.90 Å². The summed E-state index contributed by atoms with van der Waals surface area (Å²) in [7, 11) is 0. The topological polar surface area (TPSA) is 20.3 Å². The van der Waals surface area contributed by atoms with Crippen molar-refractivity contribution >= 4 is 5.78 Å². The second-order valence-electron chi connectivity index (χ2n) is 3.32. The summed E-state index contributed by atoms with van der Waals surface area (Å²) in [6.45, 7) is 15.2. The van der Waals surface area contributed by atoms with Crippen molar-refractivity contribution in [2.45, 2.75) is 48.0 Å². The van der Waals surface area contributed by atoms with Crippen molar-refractivity contribution in [3.63, 3.8) is 0 Å². The number of nitrogens with zero attached hydrogens (tertiary/aromatic N) is 1. The lowest BCUT2D eigenvalue weighted by Crippen LogP contribution is -2.45. The maximum absolute atomic E-state index is 10.5. The Morgan fingerprint density at radius 1 is 1.21 bits per heavy atom. The van der Waals surface area contributed by atoms with Crippen LogP contribution >= 0.6 is 0 Å². The molecule has 0 aromatic carbocycles. The first-order valence-electron chi connectivity index (χ1n) is 5.90. The third kappa shape index (κ3) is 8.24. The highest BCUT2D eigenvalue weighted by Crippen LogP contribution is 2.13. The van der Waals surface area contributed by atoms with Crippen molar-refractivity contribution < 1.29 is 4.79 Å². The highest BCUT2D eigenvalue weighted by Gasteiger charge is 2.21. The van der Waals surface area contributed by atoms with Gasteiger partial charge in [0.2, 0.25) is 0 Å². The van der Waals surface area contributed by atoms with E-state index in [1.165, 1.54) is 13.1 Å². The molecular formula is C12H27NO. The van der Waals surface area contributed by atoms with Gasteiger partial charge in [0.1, 0.15) is 5.78 Å². The van der Waals surface area contributed by atoms with Crippen LogP contribution < -0.4 is 0 Å². The van der Waals surface area contributed by atoms with Gasteiger partial charge in [-0.15, -0.1) is 0 Å². The number of rotatable bonds is 3. The average Bonchev–Trinajstić information content (AvgIpc) is 2.17. The number of carbonyl (C=O) groups is 1. The largest absolute Gasteiger partial charge is 0.302 e. The van der Waals surface area contributed by atoms with E-state index in [0.717, 1.165) is 18.9 Å². The fourth-order valence-corrected chi connectivity index (χ4v) is 1.33. The van der Waals surface area contributed by atoms with E-state index >= 15 is 0 Å². The summed E-state index contributed by atoms with van der Waals surface area (Å²) in [5.74, 6) is 1.16. The second kappa shape index (κ2) is 10.7. The number of likely N-dealkylation sites (tertiary alicyclic amines) is 1. The molecule has 0 radical (unpaired) electrons. The number of carbonyl (C=O) groups excluding carboxylic acids is 1. The molecular weight excluding hydrogens is 174 g/mol. The Morgan fingerprint density at radius 2 is 1.64 bits per heavy atom. The Kier molecular flexibility index (Phi) is 12.3. The van der Waals surface area contributed by atoms with Crippen molar-refractivity contribution in [3.8, 4) is 0 Å². The fourth-order valence-electron chi connectivity index (χ4n) is 1.33. The lowest BCUT2D eigenvalue weighted by Gasteiger charge is -2.36. The van der Waals surface area contributed by atoms with Crippen LogP contribution in [0.2, 0.25) is 0 Å². The molecule has 1 aliphatic rings. The van der Waals surface area contributed by atoms with Crippen molar-refractivity contribution in [2.75, 3.05) is 19.6 Å². The molecule has 0 saturated carbocycles. The van der Waals surface area contributed by atoms with Crippen LogP contribution in [0.1, 0.15) is 48.0 Å². The van der Waals surface area contributed by atoms with Gasteiger partial charge in [-0.25, -0.2) is 0 Å². The number of Topliss-reactive ketones (excluding diaryl/α,β-unsaturated/α-hetero) is 1. The summed E-state index contributed by atoms with van der Waals surface area (Å²) in [5, 5.41) is 0. The number of hydrogen-bond donors (Lipinski definition) is 0. The molecule has 0 spiro atoms. The Labute approximate surface area is 89.7 Å². The van der Waals surface area contributed by atoms with Crippen LogP contribution in [0.25, 0.3) is 0 Å². The Hall–Kier alpha value is -0.370. The smallest absolute Gasteiger partial charge is 0.131 e. The predicted octanol–water partition coefficient (Wildman–Crippen LogP) is 2.97. The standard InChI is InChI=1S/C8H15NO.2C2H6/c1-7-5-9(6-7)4-3-8(2)10;2*1-2/h7H,3-6H2,1-2H3;2*1-2H3. The van der Waals surface area contributed by atoms with Gasteiger partial charge < -0.3 is 4.90 Å². The average molecular weight is 201 g/mol. The molecule has 0 aromatic heterocycles. The van der Waals surface area contributed by atoms with Crippen molar-refractivity contribution in [3.05, 3.63) is 0 Å². The van der Waals surface area contributed by atoms with Gasteiger partial charge in [0, 0.05) is 26.1 Å². The number of hydrogen-bond acceptors (Lipinski definition) is 2. The van der Waals surface area contributed by atoms with E-state index < -0.39 is 0 Å². The second-order valence-corrected chi connectivity index (χ2v) is 3.32. The van der Waals surface area contributed by atoms with Crippen LogP contribution in [0.3, 0.4) is 0 Å². The van der Waals surface area contributed by atoms with Gasteiger partial charge in [-0.05, 0) is 12.8 Å². The Morgan fingerprint density at radius 3 is 1.93 bits per heavy atom. The van der Waals surface area contributed by atoms with E-state index in [-0.39, 0.29) is 0 Å². The molecule has 0 unspecified atom stereocenters. The summed E-state index contributed by atoms with van der Waals surface area (Å²) in [6, 6.07) is 0. The first-order valence-corrected chi connectivity index (χ1v) is 5.90. The minimum atomic E-state index is 0.305. The lowest BCUT2D eigenvalue weighted by atomic mass is 10.0. The van der Waals surface area contributed by atoms with Gasteiger partial charge in [0.05, 0.1) is 0 Å². The predicted molar refractivity (Wildman–Crippen MR) is 63.6 cm³/mol. The van der Waals surface area contributed by atoms with Crippen LogP contribution in [0.5, 0.6) is 0 Å². The molecule has 0 bridgehead atoms. The van der Waals surface area contributed by atoms with Gasteiger partial charge in [-0.2, -0.15) is 0 Å². The molecule has 2 nitrogen and oxygen atoms in total. The third-order valence-corrected chi connectivity index (χ3v) is 1.92. The molecule has 0 aromatic rings. The van der Waals surface area contributed by atoms with Gasteiger partial charge >= 0.3 is 0 Å². The quantitative estimate of drug-likeness (QED) is 0.699. The minimum Gasteiger partial charge on any atom is -0.302 e. The zero-order valence-corrected chi connectivity index (χ0v) is 10.8. The normalized spacial score (nSPS) is 15.6. The summed E-state index contributed by atoms with van der Waals surface area (Å²) < 4.78 is 0. The highest BCUT2D eigenvalue weighted by atomic mass is 16.1. The highest BCUT2D eigenvalue weighted by molar-refractivity contribution is 5.75. The molecule has 2 heteroatoms. The van der Waals surface area contributed by atoms with Gasteiger partial charge in [-0.1, -0.05) is 34.6 Å². The molecule has 1 saturated heterocycles. The Bertz CT molecular complexity index is 128. The van der Waals surface area contributed by atoms with E-state index in [1.807, 2.05) is 27.7 Å². The van der Waals surface area contributed by atoms with Crippen molar-refractivity contribution in [1.29, 1.82) is 0 Å². The maximum atomic E-state index is 10.5. The Balaban J connectivity index is 0. The molecule has 0 amide bonds. The number of ketones is 1. The van der Waals surface area contributed by atoms with E-state index in [4.69, 9.17) is 0 Å². The summed E-state index contributed by atoms with van der Waals surface area (Å²) in [4.78, 5) is 12.9. The molecule has 0 aliphatic carbocycles. The molecule has 0 atom stereocenters. The first kappa shape index (κ1) is 16.1. The minimum absolute atomic E-state index is 0.305. The SMILES string of the molecule is CC.CC.CC(=O)CCN1CC(C)C1. The summed E-state index contributed by atoms with van der Waals surface area (Å²) in [6.07, 6.45) is 0.729. The molecule has 86 valence electrons. The molecule has 1 heterocycles. The molecule has 1 aliphatic heterocycles. The lowest BCUT2D eigenvalue weighted by molar-refractivity contribution is -0.117. The van der Waals surface area contributed by atoms with E-state index in [9.17, 15) is 4.79 Å². The summed E-state index contributed by atoms with van der Waals surface area (Å²) in [5.41, 5.74) is 0. The molecule has 1 fully saturated rings. The molecule has 0 N–H and O–H groups in total. The zero-order valence-electron chi connectivity index (χ0n) is 10.8. The van der Waals surface area contributed by atoms with E-state index in [2.05, 4.69) is 11.8 Å². The van der Waals surface area contributed by atoms with E-state index in [0.29, 0.717) is 5.78 Å². The van der Waals surface area contributed by atoms with Gasteiger partial charge in [0.25, 0.3) is 0 Å². The summed E-state index contributed by atoms with van der Waals surface area (Å²) >= 11 is 0. The first-order chi connectivity index (χ1) is 6.68. The van der Waals surface area contributed by atoms with Crippen LogP contribution in [0.15, 0.2) is 0 Å². The monoisotopic (exact) mass is 201 g/mol. The van der Waals surface area contributed by atoms with Crippen LogP contribution in [0.4, 0.5) is 0 Å². The van der Waals surface area contributed by atoms with Gasteiger partial charge in [-0.3, -0.25) is 4.79 Å². The third-order valence-electron chi connectivity index (χ3n) is 1.92. The van der Waals surface area contributed by atoms with Crippen LogP contribution in [-0.2, 0) is 4.79 Å². The molecule has 14 heavy (non-hydrogen) atoms. The fraction of sp³-hybridized carbons (Fsp3) is 0.917. The zero-order chi connectivity index (χ0) is 11.6. The van der Waals surface area contributed by atoms with Crippen LogP contribution in [-0.4, -0.2) is 30.3 Å². The maximum Gasteiger partial charge on any atom is 0.131 e. The van der Waals surface area contributed by atoms with Crippen LogP contribution in [0, 0.1) is 5.92 Å². The molecule has 1 rings (SSSR count). The van der Waals surface area contributed by atoms with Gasteiger partial charge in [0.15, 0.2) is 0 Å². The van der Waals surface area contributed by atoms with Crippen molar-refractivity contribution in [2.24, 2.45) is 5.92 Å².